The van der Waals surface area contributed by atoms with Crippen LogP contribution in [-0.4, -0.2) is 35.5 Å². The standard InChI is InChI=1S/C15H31NO2/c1-12(2)11-16-9-8-15(5,17)10-13-6-7-14(3,4)18-13/h12-13,16-17H,6-11H2,1-5H3. The van der Waals surface area contributed by atoms with Gasteiger partial charge < -0.3 is 15.2 Å². The summed E-state index contributed by atoms with van der Waals surface area (Å²) in [6.07, 6.45) is 3.93. The number of hydrogen-bond acceptors (Lipinski definition) is 3. The van der Waals surface area contributed by atoms with Gasteiger partial charge in [0.1, 0.15) is 0 Å². The zero-order valence-corrected chi connectivity index (χ0v) is 12.8. The van der Waals surface area contributed by atoms with Gasteiger partial charge in [-0.25, -0.2) is 0 Å². The monoisotopic (exact) mass is 257 g/mol. The first-order chi connectivity index (χ1) is 8.20. The lowest BCUT2D eigenvalue weighted by atomic mass is 9.93. The summed E-state index contributed by atoms with van der Waals surface area (Å²) in [5.41, 5.74) is -0.619. The van der Waals surface area contributed by atoms with Crippen LogP contribution in [0.15, 0.2) is 0 Å². The van der Waals surface area contributed by atoms with Gasteiger partial charge >= 0.3 is 0 Å². The van der Waals surface area contributed by atoms with Crippen LogP contribution in [0.4, 0.5) is 0 Å². The summed E-state index contributed by atoms with van der Waals surface area (Å²) in [5, 5.41) is 13.8. The van der Waals surface area contributed by atoms with Crippen LogP contribution in [0.3, 0.4) is 0 Å². The van der Waals surface area contributed by atoms with E-state index in [1.165, 1.54) is 0 Å². The molecule has 3 heteroatoms. The van der Waals surface area contributed by atoms with Crippen molar-refractivity contribution in [3.05, 3.63) is 0 Å². The number of hydrogen-bond donors (Lipinski definition) is 2. The molecule has 0 spiro atoms. The number of rotatable bonds is 7. The average Bonchev–Trinajstić information content (AvgIpc) is 2.52. The first kappa shape index (κ1) is 15.9. The largest absolute Gasteiger partial charge is 0.390 e. The third-order valence-corrected chi connectivity index (χ3v) is 3.61. The van der Waals surface area contributed by atoms with E-state index in [2.05, 4.69) is 33.0 Å². The molecule has 2 N–H and O–H groups in total. The van der Waals surface area contributed by atoms with E-state index in [1.54, 1.807) is 0 Å². The molecule has 0 radical (unpaired) electrons. The molecule has 0 aliphatic carbocycles. The lowest BCUT2D eigenvalue weighted by Gasteiger charge is -2.28. The van der Waals surface area contributed by atoms with Crippen molar-refractivity contribution in [2.75, 3.05) is 13.1 Å². The van der Waals surface area contributed by atoms with Crippen molar-refractivity contribution in [1.82, 2.24) is 5.32 Å². The lowest BCUT2D eigenvalue weighted by Crippen LogP contribution is -2.35. The fourth-order valence-corrected chi connectivity index (χ4v) is 2.56. The van der Waals surface area contributed by atoms with Crippen molar-refractivity contribution < 1.29 is 9.84 Å². The number of nitrogens with one attached hydrogen (secondary N) is 1. The topological polar surface area (TPSA) is 41.5 Å². The summed E-state index contributed by atoms with van der Waals surface area (Å²) in [5.74, 6) is 0.661. The highest BCUT2D eigenvalue weighted by Crippen LogP contribution is 2.34. The van der Waals surface area contributed by atoms with Crippen LogP contribution in [0.1, 0.15) is 60.3 Å². The SMILES string of the molecule is CC(C)CNCCC(C)(O)CC1CCC(C)(C)O1. The van der Waals surface area contributed by atoms with Gasteiger partial charge in [-0.15, -0.1) is 0 Å². The Morgan fingerprint density at radius 2 is 2.11 bits per heavy atom. The van der Waals surface area contributed by atoms with Gasteiger partial charge in [-0.05, 0) is 59.0 Å². The lowest BCUT2D eigenvalue weighted by molar-refractivity contribution is -0.0603. The molecular formula is C15H31NO2. The van der Waals surface area contributed by atoms with E-state index in [0.29, 0.717) is 5.92 Å². The molecular weight excluding hydrogens is 226 g/mol. The Morgan fingerprint density at radius 3 is 2.61 bits per heavy atom. The fourth-order valence-electron chi connectivity index (χ4n) is 2.56. The summed E-state index contributed by atoms with van der Waals surface area (Å²) in [6.45, 7) is 12.5. The Labute approximate surface area is 112 Å². The molecule has 1 saturated heterocycles. The maximum absolute atomic E-state index is 10.4. The van der Waals surface area contributed by atoms with Gasteiger partial charge in [0.2, 0.25) is 0 Å². The van der Waals surface area contributed by atoms with E-state index in [0.717, 1.165) is 38.8 Å². The van der Waals surface area contributed by atoms with Crippen molar-refractivity contribution in [2.45, 2.75) is 77.6 Å². The van der Waals surface area contributed by atoms with Crippen LogP contribution < -0.4 is 5.32 Å². The average molecular weight is 257 g/mol. The molecule has 1 aliphatic rings. The van der Waals surface area contributed by atoms with Gasteiger partial charge in [-0.3, -0.25) is 0 Å². The molecule has 1 fully saturated rings. The molecule has 3 nitrogen and oxygen atoms in total. The summed E-state index contributed by atoms with van der Waals surface area (Å²) >= 11 is 0. The van der Waals surface area contributed by atoms with Gasteiger partial charge in [0, 0.05) is 6.42 Å². The van der Waals surface area contributed by atoms with Crippen molar-refractivity contribution in [2.24, 2.45) is 5.92 Å². The van der Waals surface area contributed by atoms with E-state index in [4.69, 9.17) is 4.74 Å². The predicted octanol–water partition coefficient (Wildman–Crippen LogP) is 2.72. The van der Waals surface area contributed by atoms with Crippen LogP contribution in [0.25, 0.3) is 0 Å². The Kier molecular flexibility index (Phi) is 5.63. The van der Waals surface area contributed by atoms with Gasteiger partial charge in [-0.2, -0.15) is 0 Å². The molecule has 0 aromatic heterocycles. The summed E-state index contributed by atoms with van der Waals surface area (Å²) in [7, 11) is 0. The second-order valence-electron chi connectivity index (χ2n) is 7.09. The summed E-state index contributed by atoms with van der Waals surface area (Å²) in [4.78, 5) is 0. The molecule has 1 rings (SSSR count). The fraction of sp³-hybridized carbons (Fsp3) is 1.00. The first-order valence-corrected chi connectivity index (χ1v) is 7.31. The van der Waals surface area contributed by atoms with Crippen LogP contribution in [0.2, 0.25) is 0 Å². The molecule has 0 aromatic carbocycles. The van der Waals surface area contributed by atoms with Crippen LogP contribution in [0.5, 0.6) is 0 Å². The molecule has 2 atom stereocenters. The maximum Gasteiger partial charge on any atom is 0.0656 e. The van der Waals surface area contributed by atoms with Crippen LogP contribution in [0, 0.1) is 5.92 Å². The Balaban J connectivity index is 2.23. The first-order valence-electron chi connectivity index (χ1n) is 7.31. The second kappa shape index (κ2) is 6.36. The molecule has 2 unspecified atom stereocenters. The van der Waals surface area contributed by atoms with Crippen molar-refractivity contribution >= 4 is 0 Å². The maximum atomic E-state index is 10.4. The van der Waals surface area contributed by atoms with E-state index < -0.39 is 5.60 Å². The second-order valence-corrected chi connectivity index (χ2v) is 7.09. The molecule has 18 heavy (non-hydrogen) atoms. The summed E-state index contributed by atoms with van der Waals surface area (Å²) < 4.78 is 5.95. The molecule has 1 heterocycles. The number of aliphatic hydroxyl groups is 1. The normalized spacial score (nSPS) is 26.5. The van der Waals surface area contributed by atoms with E-state index >= 15 is 0 Å². The minimum atomic E-state index is -0.616. The highest BCUT2D eigenvalue weighted by atomic mass is 16.5. The van der Waals surface area contributed by atoms with Crippen LogP contribution >= 0.6 is 0 Å². The molecule has 0 bridgehead atoms. The van der Waals surface area contributed by atoms with E-state index in [1.807, 2.05) is 6.92 Å². The van der Waals surface area contributed by atoms with Crippen LogP contribution in [-0.2, 0) is 4.74 Å². The summed E-state index contributed by atoms with van der Waals surface area (Å²) in [6, 6.07) is 0. The van der Waals surface area contributed by atoms with Gasteiger partial charge in [0.15, 0.2) is 0 Å². The highest BCUT2D eigenvalue weighted by Gasteiger charge is 2.35. The van der Waals surface area contributed by atoms with E-state index in [-0.39, 0.29) is 11.7 Å². The predicted molar refractivity (Wildman–Crippen MR) is 75.8 cm³/mol. The van der Waals surface area contributed by atoms with Crippen molar-refractivity contribution in [1.29, 1.82) is 0 Å². The molecule has 0 amide bonds. The third kappa shape index (κ3) is 6.17. The third-order valence-electron chi connectivity index (χ3n) is 3.61. The van der Waals surface area contributed by atoms with Gasteiger partial charge in [0.05, 0.1) is 17.3 Å². The van der Waals surface area contributed by atoms with Gasteiger partial charge in [0.25, 0.3) is 0 Å². The highest BCUT2D eigenvalue weighted by molar-refractivity contribution is 4.86. The minimum absolute atomic E-state index is 0.00333. The zero-order valence-electron chi connectivity index (χ0n) is 12.8. The van der Waals surface area contributed by atoms with E-state index in [9.17, 15) is 5.11 Å². The Morgan fingerprint density at radius 1 is 1.44 bits per heavy atom. The Bertz CT molecular complexity index is 249. The van der Waals surface area contributed by atoms with Gasteiger partial charge in [-0.1, -0.05) is 13.8 Å². The molecule has 1 aliphatic heterocycles. The Hall–Kier alpha value is -0.120. The minimum Gasteiger partial charge on any atom is -0.390 e. The van der Waals surface area contributed by atoms with Crippen molar-refractivity contribution in [3.63, 3.8) is 0 Å². The molecule has 108 valence electrons. The molecule has 0 aromatic rings. The van der Waals surface area contributed by atoms with Crippen molar-refractivity contribution in [3.8, 4) is 0 Å². The quantitative estimate of drug-likeness (QED) is 0.689. The molecule has 0 saturated carbocycles. The smallest absolute Gasteiger partial charge is 0.0656 e. The zero-order chi connectivity index (χ0) is 13.8. The number of ether oxygens (including phenoxy) is 1.